The molecule has 43 heavy (non-hydrogen) atoms. The summed E-state index contributed by atoms with van der Waals surface area (Å²) in [6.45, 7) is 7.55. The molecule has 7 rings (SSSR count). The maximum atomic E-state index is 13.9. The van der Waals surface area contributed by atoms with Crippen molar-refractivity contribution in [3.63, 3.8) is 0 Å². The van der Waals surface area contributed by atoms with Gasteiger partial charge in [-0.25, -0.2) is 4.98 Å². The predicted molar refractivity (Wildman–Crippen MR) is 170 cm³/mol. The summed E-state index contributed by atoms with van der Waals surface area (Å²) in [6, 6.07) is 0.740. The zero-order chi connectivity index (χ0) is 29.8. The van der Waals surface area contributed by atoms with E-state index in [4.69, 9.17) is 21.3 Å². The number of alkyl halides is 1. The van der Waals surface area contributed by atoms with Crippen molar-refractivity contribution in [2.24, 2.45) is 29.6 Å². The number of hydrogen-bond acceptors (Lipinski definition) is 7. The summed E-state index contributed by atoms with van der Waals surface area (Å²) >= 11 is 8.57. The number of ether oxygens (including phenoxy) is 1. The van der Waals surface area contributed by atoms with Crippen LogP contribution in [0.3, 0.4) is 0 Å². The van der Waals surface area contributed by atoms with Gasteiger partial charge in [0, 0.05) is 53.2 Å². The predicted octanol–water partition coefficient (Wildman–Crippen LogP) is 4.12. The first-order valence-electron chi connectivity index (χ1n) is 16.9. The number of rotatable bonds is 7. The number of halogens is 1. The molecule has 1 aromatic rings. The second-order valence-electron chi connectivity index (χ2n) is 14.7. The zero-order valence-corrected chi connectivity index (χ0v) is 27.3. The Hall–Kier alpha value is -1.13. The van der Waals surface area contributed by atoms with Gasteiger partial charge in [-0.1, -0.05) is 0 Å². The highest BCUT2D eigenvalue weighted by atomic mass is 35.5. The van der Waals surface area contributed by atoms with Gasteiger partial charge in [0.1, 0.15) is 5.82 Å². The Kier molecular flexibility index (Phi) is 8.93. The third-order valence-corrected chi connectivity index (χ3v) is 13.9. The summed E-state index contributed by atoms with van der Waals surface area (Å²) in [6.07, 6.45) is 10.9. The van der Waals surface area contributed by atoms with Crippen LogP contribution in [0.4, 0.5) is 0 Å². The largest absolute Gasteiger partial charge is 0.481 e. The van der Waals surface area contributed by atoms with Gasteiger partial charge < -0.3 is 15.2 Å². The lowest BCUT2D eigenvalue weighted by Crippen LogP contribution is -2.57. The van der Waals surface area contributed by atoms with E-state index in [1.807, 2.05) is 23.3 Å². The molecule has 2 bridgehead atoms. The van der Waals surface area contributed by atoms with E-state index in [1.165, 1.54) is 32.4 Å². The molecule has 238 valence electrons. The van der Waals surface area contributed by atoms with Crippen LogP contribution < -0.4 is 10.9 Å². The van der Waals surface area contributed by atoms with Gasteiger partial charge in [0.05, 0.1) is 30.9 Å². The van der Waals surface area contributed by atoms with Gasteiger partial charge in [-0.2, -0.15) is 11.8 Å². The summed E-state index contributed by atoms with van der Waals surface area (Å²) in [4.78, 5) is 33.5. The van der Waals surface area contributed by atoms with Gasteiger partial charge in [0.25, 0.3) is 5.56 Å². The number of thioether (sulfide) groups is 1. The van der Waals surface area contributed by atoms with Gasteiger partial charge >= 0.3 is 5.97 Å². The molecule has 0 aromatic carbocycles. The van der Waals surface area contributed by atoms with Gasteiger partial charge in [-0.05, 0) is 102 Å². The van der Waals surface area contributed by atoms with E-state index in [1.54, 1.807) is 0 Å². The molecule has 1 aromatic heterocycles. The lowest BCUT2D eigenvalue weighted by Gasteiger charge is -2.47. The normalized spacial score (nSPS) is 41.1. The van der Waals surface area contributed by atoms with Crippen molar-refractivity contribution in [1.29, 1.82) is 0 Å². The van der Waals surface area contributed by atoms with Crippen molar-refractivity contribution >= 4 is 29.3 Å². The van der Waals surface area contributed by atoms with E-state index in [0.717, 1.165) is 73.9 Å². The molecule has 0 spiro atoms. The van der Waals surface area contributed by atoms with Crippen LogP contribution in [0.25, 0.3) is 0 Å². The highest BCUT2D eigenvalue weighted by Gasteiger charge is 2.51. The highest BCUT2D eigenvalue weighted by molar-refractivity contribution is 8.00. The summed E-state index contributed by atoms with van der Waals surface area (Å²) in [7, 11) is 0. The van der Waals surface area contributed by atoms with Crippen LogP contribution >= 0.6 is 23.4 Å². The minimum Gasteiger partial charge on any atom is -0.481 e. The van der Waals surface area contributed by atoms with Crippen LogP contribution in [0.1, 0.15) is 75.4 Å². The summed E-state index contributed by atoms with van der Waals surface area (Å²) in [5, 5.41) is 13.9. The monoisotopic (exact) mass is 632 g/mol. The number of carboxylic acid groups (broad SMARTS) is 1. The van der Waals surface area contributed by atoms with Gasteiger partial charge in [-0.15, -0.1) is 11.6 Å². The molecule has 4 heterocycles. The summed E-state index contributed by atoms with van der Waals surface area (Å²) < 4.78 is 8.52. The number of likely N-dealkylation sites (tertiary alicyclic amines) is 1. The van der Waals surface area contributed by atoms with E-state index < -0.39 is 5.97 Å². The third-order valence-electron chi connectivity index (χ3n) is 11.9. The molecule has 6 aliphatic rings. The highest BCUT2D eigenvalue weighted by Crippen LogP contribution is 2.48. The number of carbonyl (C=O) groups is 1. The number of aromatic nitrogens is 2. The number of nitrogens with zero attached hydrogens (tertiary/aromatic N) is 3. The molecule has 0 radical (unpaired) electrons. The standard InChI is InChI=1S/C33H49ClN4O4S/c1-18-11-25(31-30(35-18)27(17-43-31)33(40)41)24-13-22(34)5-8-29(24)42-10-9-38-19(2)36-28-7-6-23(14-26(28)32(38)39)37-15-20-3-4-21(12-20)16-37/h18,20-25,27,29-31,35H,3-17H2,1-2H3,(H,40,41). The number of nitrogens with one attached hydrogen (secondary N) is 1. The molecule has 11 unspecified atom stereocenters. The average molecular weight is 633 g/mol. The number of piperidine rings is 2. The first-order chi connectivity index (χ1) is 20.7. The van der Waals surface area contributed by atoms with Crippen LogP contribution in [0.5, 0.6) is 0 Å². The summed E-state index contributed by atoms with van der Waals surface area (Å²) in [5.74, 6) is 2.80. The molecular weight excluding hydrogens is 584 g/mol. The fourth-order valence-electron chi connectivity index (χ4n) is 9.84. The average Bonchev–Trinajstić information content (AvgIpc) is 3.56. The van der Waals surface area contributed by atoms with E-state index in [0.29, 0.717) is 36.8 Å². The van der Waals surface area contributed by atoms with Crippen molar-refractivity contribution in [3.05, 3.63) is 27.4 Å². The number of fused-ring (bicyclic) bond motifs is 4. The second kappa shape index (κ2) is 12.6. The minimum absolute atomic E-state index is 0.000628. The lowest BCUT2D eigenvalue weighted by atomic mass is 9.70. The van der Waals surface area contributed by atoms with Crippen molar-refractivity contribution in [3.8, 4) is 0 Å². The molecule has 5 fully saturated rings. The number of aryl methyl sites for hydroxylation is 2. The number of hydrogen-bond donors (Lipinski definition) is 2. The molecule has 2 saturated carbocycles. The Bertz CT molecular complexity index is 1250. The van der Waals surface area contributed by atoms with Crippen LogP contribution in [0.15, 0.2) is 4.79 Å². The second-order valence-corrected chi connectivity index (χ2v) is 16.5. The molecule has 3 aliphatic heterocycles. The van der Waals surface area contributed by atoms with E-state index in [9.17, 15) is 14.7 Å². The molecule has 2 N–H and O–H groups in total. The Morgan fingerprint density at radius 3 is 2.67 bits per heavy atom. The van der Waals surface area contributed by atoms with Crippen molar-refractivity contribution in [2.75, 3.05) is 25.4 Å². The van der Waals surface area contributed by atoms with E-state index >= 15 is 0 Å². The molecule has 11 atom stereocenters. The van der Waals surface area contributed by atoms with Crippen molar-refractivity contribution in [2.45, 2.75) is 119 Å². The van der Waals surface area contributed by atoms with Crippen molar-refractivity contribution in [1.82, 2.24) is 19.8 Å². The van der Waals surface area contributed by atoms with Crippen molar-refractivity contribution < 1.29 is 14.6 Å². The quantitative estimate of drug-likeness (QED) is 0.434. The molecule has 3 saturated heterocycles. The smallest absolute Gasteiger partial charge is 0.308 e. The number of carboxylic acids is 1. The lowest BCUT2D eigenvalue weighted by molar-refractivity contribution is -0.142. The first-order valence-corrected chi connectivity index (χ1v) is 18.4. The zero-order valence-electron chi connectivity index (χ0n) is 25.8. The minimum atomic E-state index is -0.694. The summed E-state index contributed by atoms with van der Waals surface area (Å²) in [5.41, 5.74) is 2.08. The van der Waals surface area contributed by atoms with Gasteiger partial charge in [0.15, 0.2) is 0 Å². The first kappa shape index (κ1) is 30.5. The topological polar surface area (TPSA) is 96.7 Å². The molecule has 3 aliphatic carbocycles. The maximum Gasteiger partial charge on any atom is 0.308 e. The molecular formula is C33H49ClN4O4S. The Morgan fingerprint density at radius 1 is 1.12 bits per heavy atom. The van der Waals surface area contributed by atoms with Crippen LogP contribution in [0.2, 0.25) is 0 Å². The number of aliphatic carboxylic acids is 1. The van der Waals surface area contributed by atoms with Gasteiger partial charge in [-0.3, -0.25) is 19.1 Å². The molecule has 8 nitrogen and oxygen atoms in total. The van der Waals surface area contributed by atoms with Crippen LogP contribution in [-0.2, 0) is 28.9 Å². The van der Waals surface area contributed by atoms with E-state index in [-0.39, 0.29) is 40.3 Å². The Morgan fingerprint density at radius 2 is 1.91 bits per heavy atom. The van der Waals surface area contributed by atoms with E-state index in [2.05, 4.69) is 17.1 Å². The Labute approximate surface area is 265 Å². The molecule has 0 amide bonds. The third kappa shape index (κ3) is 6.07. The van der Waals surface area contributed by atoms with Gasteiger partial charge in [0.2, 0.25) is 0 Å². The fourth-order valence-corrected chi connectivity index (χ4v) is 12.0. The maximum absolute atomic E-state index is 13.9. The van der Waals surface area contributed by atoms with Crippen LogP contribution in [-0.4, -0.2) is 85.8 Å². The van der Waals surface area contributed by atoms with Crippen LogP contribution in [0, 0.1) is 36.5 Å². The fraction of sp³-hybridized carbons (Fsp3) is 0.848. The Balaban J connectivity index is 1.03. The SMILES string of the molecule is Cc1nc2c(c(=O)n1CCOC1CCC(Cl)CC1C1CC(C)NC3C(C(=O)O)CSC13)CC(N1CC3CCC(C3)C1)CC2. The molecule has 10 heteroatoms.